The van der Waals surface area contributed by atoms with Gasteiger partial charge in [0, 0.05) is 17.4 Å². The van der Waals surface area contributed by atoms with Crippen molar-refractivity contribution in [3.8, 4) is 0 Å². The molecule has 5 heteroatoms. The second-order valence-corrected chi connectivity index (χ2v) is 0. The van der Waals surface area contributed by atoms with Gasteiger partial charge >= 0.3 is 39.3 Å². The number of hydrogen-bond acceptors (Lipinski definition) is 2. The average molecular weight is 195 g/mol. The Bertz CT molecular complexity index is 9.61. The molecule has 34 valence electrons. The Hall–Kier alpha value is 1.16. The van der Waals surface area contributed by atoms with Crippen molar-refractivity contribution in [1.82, 2.24) is 0 Å². The molecule has 0 unspecified atom stereocenters. The van der Waals surface area contributed by atoms with Crippen molar-refractivity contribution < 1.29 is 56.7 Å². The van der Waals surface area contributed by atoms with E-state index in [-0.39, 0.29) is 17.4 Å². The van der Waals surface area contributed by atoms with Crippen molar-refractivity contribution >= 4 is 0 Å². The summed E-state index contributed by atoms with van der Waals surface area (Å²) in [4.78, 5) is 0. The quantitative estimate of drug-likeness (QED) is 0.499. The molecule has 0 aromatic heterocycles. The minimum absolute atomic E-state index is 0. The van der Waals surface area contributed by atoms with E-state index in [1.54, 1.807) is 0 Å². The Morgan fingerprint density at radius 2 is 1.20 bits per heavy atom. The zero-order chi connectivity index (χ0) is 4.00. The minimum atomic E-state index is 0. The molecular formula is Cr2NiO2. The van der Waals surface area contributed by atoms with Crippen molar-refractivity contribution in [2.45, 2.75) is 0 Å². The molecule has 2 nitrogen and oxygen atoms in total. The zero-order valence-electron chi connectivity index (χ0n) is 1.95. The van der Waals surface area contributed by atoms with Crippen LogP contribution in [0.2, 0.25) is 0 Å². The van der Waals surface area contributed by atoms with Gasteiger partial charge in [0.2, 0.25) is 0 Å². The normalized spacial score (nSPS) is 2.00. The molecule has 0 aliphatic heterocycles. The van der Waals surface area contributed by atoms with Gasteiger partial charge in [-0.05, 0) is 0 Å². The van der Waals surface area contributed by atoms with Gasteiger partial charge in [-0.2, -0.15) is 0 Å². The van der Waals surface area contributed by atoms with Gasteiger partial charge in [0.15, 0.2) is 0 Å². The molecule has 0 bridgehead atoms. The molecule has 0 atom stereocenters. The molecular weight excluding hydrogens is 195 g/mol. The third-order valence-electron chi connectivity index (χ3n) is 0. The topological polar surface area (TPSA) is 34.1 Å². The Labute approximate surface area is 56.6 Å². The second kappa shape index (κ2) is 66.5. The van der Waals surface area contributed by atoms with Crippen LogP contribution in [0, 0.1) is 0 Å². The molecule has 0 aromatic rings. The first-order valence-corrected chi connectivity index (χ1v) is 1.22. The van der Waals surface area contributed by atoms with E-state index in [1.807, 2.05) is 0 Å². The number of rotatable bonds is 0. The number of hydrogen-bond donors (Lipinski definition) is 0. The Kier molecular flexibility index (Phi) is 218. The predicted molar refractivity (Wildman–Crippen MR) is 1.37 cm³/mol. The van der Waals surface area contributed by atoms with Crippen LogP contribution in [0.25, 0.3) is 0 Å². The Morgan fingerprint density at radius 3 is 1.20 bits per heavy atom. The molecule has 0 rings (SSSR count). The van der Waals surface area contributed by atoms with E-state index in [9.17, 15) is 0 Å². The standard InChI is InChI=1S/2Cr.Ni.2O. The molecule has 0 saturated heterocycles. The van der Waals surface area contributed by atoms with Gasteiger partial charge in [-0.1, -0.05) is 0 Å². The van der Waals surface area contributed by atoms with Crippen LogP contribution in [0.5, 0.6) is 0 Å². The van der Waals surface area contributed by atoms with Crippen LogP contribution in [0.1, 0.15) is 0 Å². The molecule has 0 aliphatic carbocycles. The molecule has 0 fully saturated rings. The van der Waals surface area contributed by atoms with E-state index in [1.165, 1.54) is 16.2 Å². The van der Waals surface area contributed by atoms with E-state index in [2.05, 4.69) is 15.4 Å². The fraction of sp³-hybridized carbons (Fsp3) is 0. The molecule has 0 heterocycles. The second-order valence-electron chi connectivity index (χ2n) is 0. The fourth-order valence-electron chi connectivity index (χ4n) is 0. The van der Waals surface area contributed by atoms with Crippen LogP contribution < -0.4 is 0 Å². The molecule has 0 saturated carbocycles. The maximum atomic E-state index is 8.12. The van der Waals surface area contributed by atoms with Gasteiger partial charge in [-0.15, -0.1) is 0 Å². The molecule has 5 heavy (non-hydrogen) atoms. The SMILES string of the molecule is [Cr].[O]=[Cr].[O]=[Ni]. The summed E-state index contributed by atoms with van der Waals surface area (Å²) >= 11 is 4.00. The summed E-state index contributed by atoms with van der Waals surface area (Å²) in [6.45, 7) is 0. The Balaban J connectivity index is -0.0000000133. The van der Waals surface area contributed by atoms with Gasteiger partial charge in [-0.3, -0.25) is 0 Å². The summed E-state index contributed by atoms with van der Waals surface area (Å²) in [6, 6.07) is 0. The van der Waals surface area contributed by atoms with E-state index in [0.717, 1.165) is 0 Å². The zero-order valence-corrected chi connectivity index (χ0v) is 5.49. The first-order valence-electron chi connectivity index (χ1n) is 0.296. The van der Waals surface area contributed by atoms with Gasteiger partial charge in [-0.25, -0.2) is 0 Å². The fourth-order valence-corrected chi connectivity index (χ4v) is 0. The van der Waals surface area contributed by atoms with E-state index < -0.39 is 0 Å². The van der Waals surface area contributed by atoms with Gasteiger partial charge in [0.05, 0.1) is 0 Å². The van der Waals surface area contributed by atoms with Crippen LogP contribution in [0.15, 0.2) is 0 Å². The first-order chi connectivity index (χ1) is 2.00. The molecule has 0 radical (unpaired) electrons. The third-order valence-corrected chi connectivity index (χ3v) is 0. The summed E-state index contributed by atoms with van der Waals surface area (Å²) in [6.07, 6.45) is 0. The summed E-state index contributed by atoms with van der Waals surface area (Å²) in [5, 5.41) is 0. The molecule has 0 amide bonds. The van der Waals surface area contributed by atoms with Crippen molar-refractivity contribution in [2.75, 3.05) is 0 Å². The van der Waals surface area contributed by atoms with Crippen LogP contribution in [-0.2, 0) is 56.7 Å². The maximum absolute atomic E-state index is 8.12. The van der Waals surface area contributed by atoms with Crippen molar-refractivity contribution in [1.29, 1.82) is 0 Å². The van der Waals surface area contributed by atoms with Crippen LogP contribution >= 0.6 is 0 Å². The van der Waals surface area contributed by atoms with Crippen LogP contribution in [0.4, 0.5) is 0 Å². The molecule has 0 aromatic carbocycles. The van der Waals surface area contributed by atoms with Crippen LogP contribution in [0.3, 0.4) is 0 Å². The predicted octanol–water partition coefficient (Wildman–Crippen LogP) is -0.245. The molecule has 0 aliphatic rings. The van der Waals surface area contributed by atoms with Crippen molar-refractivity contribution in [3.05, 3.63) is 0 Å². The molecule has 0 spiro atoms. The van der Waals surface area contributed by atoms with Crippen molar-refractivity contribution in [2.24, 2.45) is 0 Å². The summed E-state index contributed by atoms with van der Waals surface area (Å²) in [5.41, 5.74) is 0. The summed E-state index contributed by atoms with van der Waals surface area (Å²) in [5.74, 6) is 0. The summed E-state index contributed by atoms with van der Waals surface area (Å²) in [7, 11) is 0. The molecule has 0 N–H and O–H groups in total. The monoisotopic (exact) mass is 194 g/mol. The average Bonchev–Trinajstić information content (AvgIpc) is 1.50. The van der Waals surface area contributed by atoms with E-state index in [4.69, 9.17) is 7.70 Å². The van der Waals surface area contributed by atoms with Gasteiger partial charge < -0.3 is 0 Å². The third kappa shape index (κ3) is 38.3. The van der Waals surface area contributed by atoms with E-state index >= 15 is 0 Å². The van der Waals surface area contributed by atoms with Gasteiger partial charge in [0.1, 0.15) is 0 Å². The first kappa shape index (κ1) is 16.4. The van der Waals surface area contributed by atoms with Crippen LogP contribution in [-0.4, -0.2) is 0 Å². The summed E-state index contributed by atoms with van der Waals surface area (Å²) < 4.78 is 16.0. The van der Waals surface area contributed by atoms with Gasteiger partial charge in [0.25, 0.3) is 0 Å². The van der Waals surface area contributed by atoms with Crippen molar-refractivity contribution in [3.63, 3.8) is 0 Å². The van der Waals surface area contributed by atoms with E-state index in [0.29, 0.717) is 0 Å². The Morgan fingerprint density at radius 1 is 1.20 bits per heavy atom.